The first kappa shape index (κ1) is 18.3. The highest BCUT2D eigenvalue weighted by Gasteiger charge is 2.27. The molecule has 0 spiro atoms. The summed E-state index contributed by atoms with van der Waals surface area (Å²) in [6.45, 7) is 2.12. The number of benzene rings is 1. The molecule has 3 aliphatic rings. The molecule has 7 heteroatoms. The number of aliphatic imine (C=N–C) groups is 1. The molecule has 30 heavy (non-hydrogen) atoms. The predicted molar refractivity (Wildman–Crippen MR) is 110 cm³/mol. The van der Waals surface area contributed by atoms with Crippen molar-refractivity contribution >= 4 is 17.3 Å². The molecule has 3 heterocycles. The Bertz CT molecular complexity index is 1240. The van der Waals surface area contributed by atoms with Crippen molar-refractivity contribution in [2.45, 2.75) is 13.3 Å². The van der Waals surface area contributed by atoms with E-state index in [0.29, 0.717) is 29.2 Å². The van der Waals surface area contributed by atoms with E-state index in [4.69, 9.17) is 15.2 Å². The van der Waals surface area contributed by atoms with Crippen molar-refractivity contribution in [3.63, 3.8) is 0 Å². The summed E-state index contributed by atoms with van der Waals surface area (Å²) >= 11 is 0. The van der Waals surface area contributed by atoms with Crippen LogP contribution < -0.4 is 15.2 Å². The van der Waals surface area contributed by atoms with E-state index in [1.165, 1.54) is 18.3 Å². The number of aromatic nitrogens is 1. The van der Waals surface area contributed by atoms with E-state index in [1.54, 1.807) is 18.3 Å². The molecule has 150 valence electrons. The lowest BCUT2D eigenvalue weighted by Gasteiger charge is -2.23. The minimum atomic E-state index is -0.542. The van der Waals surface area contributed by atoms with Gasteiger partial charge in [0.2, 0.25) is 5.90 Å². The molecule has 0 bridgehead atoms. The number of hydrogen-bond acceptors (Lipinski definition) is 5. The van der Waals surface area contributed by atoms with Crippen LogP contribution in [0.5, 0.6) is 11.5 Å². The van der Waals surface area contributed by atoms with Crippen LogP contribution in [0.4, 0.5) is 14.6 Å². The molecular weight excluding hydrogens is 388 g/mol. The molecule has 0 saturated carbocycles. The largest absolute Gasteiger partial charge is 0.488 e. The van der Waals surface area contributed by atoms with Gasteiger partial charge in [0.15, 0.2) is 23.2 Å². The topological polar surface area (TPSA) is 69.7 Å². The van der Waals surface area contributed by atoms with Crippen molar-refractivity contribution in [3.8, 4) is 11.5 Å². The first-order valence-corrected chi connectivity index (χ1v) is 9.40. The Kier molecular flexibility index (Phi) is 4.24. The Morgan fingerprint density at radius 2 is 2.13 bits per heavy atom. The van der Waals surface area contributed by atoms with E-state index >= 15 is 0 Å². The van der Waals surface area contributed by atoms with Gasteiger partial charge in [-0.25, -0.2) is 18.8 Å². The number of fused-ring (bicyclic) bond motifs is 2. The van der Waals surface area contributed by atoms with Crippen molar-refractivity contribution in [1.29, 1.82) is 0 Å². The Morgan fingerprint density at radius 1 is 1.27 bits per heavy atom. The molecule has 5 rings (SSSR count). The van der Waals surface area contributed by atoms with Gasteiger partial charge in [0.25, 0.3) is 0 Å². The summed E-state index contributed by atoms with van der Waals surface area (Å²) in [6, 6.07) is 4.48. The first-order chi connectivity index (χ1) is 14.5. The zero-order valence-electron chi connectivity index (χ0n) is 16.1. The summed E-state index contributed by atoms with van der Waals surface area (Å²) in [4.78, 5) is 7.95. The Labute approximate surface area is 171 Å². The van der Waals surface area contributed by atoms with Gasteiger partial charge in [-0.1, -0.05) is 6.08 Å². The van der Waals surface area contributed by atoms with Crippen molar-refractivity contribution in [2.75, 3.05) is 12.3 Å². The average molecular weight is 405 g/mol. The maximum atomic E-state index is 14.8. The van der Waals surface area contributed by atoms with Crippen molar-refractivity contribution in [1.82, 2.24) is 4.98 Å². The molecule has 0 unspecified atom stereocenters. The maximum Gasteiger partial charge on any atom is 0.227 e. The highest BCUT2D eigenvalue weighted by atomic mass is 19.1. The molecule has 1 aromatic heterocycles. The third kappa shape index (κ3) is 3.18. The van der Waals surface area contributed by atoms with E-state index in [2.05, 4.69) is 9.98 Å². The Balaban J connectivity index is 1.44. The van der Waals surface area contributed by atoms with Crippen LogP contribution in [-0.2, 0) is 6.42 Å². The molecule has 0 saturated heterocycles. The van der Waals surface area contributed by atoms with Gasteiger partial charge in [0.1, 0.15) is 12.4 Å². The number of allylic oxidation sites excluding steroid dienone is 4. The number of nitrogens with zero attached hydrogens (tertiary/aromatic N) is 2. The monoisotopic (exact) mass is 405 g/mol. The van der Waals surface area contributed by atoms with Crippen LogP contribution in [0.2, 0.25) is 0 Å². The van der Waals surface area contributed by atoms with E-state index in [-0.39, 0.29) is 18.2 Å². The van der Waals surface area contributed by atoms with Gasteiger partial charge < -0.3 is 15.2 Å². The van der Waals surface area contributed by atoms with E-state index < -0.39 is 11.6 Å². The molecule has 5 nitrogen and oxygen atoms in total. The molecule has 1 aliphatic carbocycles. The lowest BCUT2D eigenvalue weighted by molar-refractivity contribution is 0.339. The second-order valence-corrected chi connectivity index (χ2v) is 7.20. The van der Waals surface area contributed by atoms with Crippen LogP contribution in [-0.4, -0.2) is 17.5 Å². The smallest absolute Gasteiger partial charge is 0.227 e. The molecule has 0 atom stereocenters. The second-order valence-electron chi connectivity index (χ2n) is 7.20. The Morgan fingerprint density at radius 3 is 3.00 bits per heavy atom. The van der Waals surface area contributed by atoms with Gasteiger partial charge in [-0.2, -0.15) is 0 Å². The number of nitrogen functional groups attached to an aromatic ring is 1. The molecule has 0 fully saturated rings. The normalized spacial score (nSPS) is 16.6. The predicted octanol–water partition coefficient (Wildman–Crippen LogP) is 4.52. The van der Waals surface area contributed by atoms with Crippen LogP contribution in [0.15, 0.2) is 70.5 Å². The fourth-order valence-corrected chi connectivity index (χ4v) is 3.50. The maximum absolute atomic E-state index is 14.8. The SMILES string of the molecule is CC1=C(Cc2ccnc(N)c2F)COc2cc(OC3=NC=CC=C4C=C43)c(F)cc21. The van der Waals surface area contributed by atoms with Gasteiger partial charge >= 0.3 is 0 Å². The zero-order chi connectivity index (χ0) is 20.8. The lowest BCUT2D eigenvalue weighted by atomic mass is 9.94. The Hall–Kier alpha value is -3.74. The zero-order valence-corrected chi connectivity index (χ0v) is 16.1. The van der Waals surface area contributed by atoms with Gasteiger partial charge in [0, 0.05) is 36.0 Å². The number of ether oxygens (including phenoxy) is 2. The summed E-state index contributed by atoms with van der Waals surface area (Å²) in [7, 11) is 0. The summed E-state index contributed by atoms with van der Waals surface area (Å²) in [5, 5.41) is 0. The molecule has 2 aliphatic heterocycles. The third-order valence-electron chi connectivity index (χ3n) is 5.29. The van der Waals surface area contributed by atoms with Crippen LogP contribution >= 0.6 is 0 Å². The fourth-order valence-electron chi connectivity index (χ4n) is 3.50. The minimum Gasteiger partial charge on any atom is -0.488 e. The van der Waals surface area contributed by atoms with Crippen LogP contribution in [0.25, 0.3) is 5.57 Å². The van der Waals surface area contributed by atoms with Gasteiger partial charge in [-0.15, -0.1) is 0 Å². The number of pyridine rings is 1. The van der Waals surface area contributed by atoms with Crippen LogP contribution in [0.1, 0.15) is 18.1 Å². The standard InChI is InChI=1S/C23H17F2N3O2/c1-12-15(7-14-4-6-27-22(26)21(14)25)11-29-19-10-20(18(24)9-16(12)19)30-23-17-8-13(17)3-2-5-28-23/h2-6,8-10H,7,11H2,1H3,(H2,26,27). The number of hydrogen-bond donors (Lipinski definition) is 1. The van der Waals surface area contributed by atoms with Crippen molar-refractivity contribution < 1.29 is 18.3 Å². The van der Waals surface area contributed by atoms with Crippen molar-refractivity contribution in [3.05, 3.63) is 88.3 Å². The number of rotatable bonds is 3. The van der Waals surface area contributed by atoms with E-state index in [1.807, 2.05) is 19.1 Å². The lowest BCUT2D eigenvalue weighted by Crippen LogP contribution is -2.15. The molecule has 0 amide bonds. The van der Waals surface area contributed by atoms with Gasteiger partial charge in [-0.3, -0.25) is 0 Å². The quantitative estimate of drug-likeness (QED) is 0.815. The molecule has 1 aromatic carbocycles. The first-order valence-electron chi connectivity index (χ1n) is 9.40. The van der Waals surface area contributed by atoms with Crippen LogP contribution in [0, 0.1) is 11.6 Å². The fraction of sp³-hybridized carbons (Fsp3) is 0.130. The van der Waals surface area contributed by atoms with E-state index in [9.17, 15) is 8.78 Å². The number of halogens is 2. The summed E-state index contributed by atoms with van der Waals surface area (Å²) in [5.74, 6) is -0.314. The van der Waals surface area contributed by atoms with Gasteiger partial charge in [-0.05, 0) is 53.5 Å². The summed E-state index contributed by atoms with van der Waals surface area (Å²) in [5.41, 5.74) is 10.1. The summed E-state index contributed by atoms with van der Waals surface area (Å²) in [6.07, 6.45) is 9.00. The molecule has 0 radical (unpaired) electrons. The highest BCUT2D eigenvalue weighted by molar-refractivity contribution is 6.07. The third-order valence-corrected chi connectivity index (χ3v) is 5.29. The molecule has 2 aromatic rings. The summed E-state index contributed by atoms with van der Waals surface area (Å²) < 4.78 is 40.6. The molecule has 2 N–H and O–H groups in total. The highest BCUT2D eigenvalue weighted by Crippen LogP contribution is 2.39. The van der Waals surface area contributed by atoms with Crippen LogP contribution in [0.3, 0.4) is 0 Å². The number of nitrogens with two attached hydrogens (primary N) is 1. The van der Waals surface area contributed by atoms with E-state index in [0.717, 1.165) is 22.3 Å². The number of anilines is 1. The average Bonchev–Trinajstić information content (AvgIpc) is 3.51. The second kappa shape index (κ2) is 6.95. The minimum absolute atomic E-state index is 0.0409. The van der Waals surface area contributed by atoms with Gasteiger partial charge in [0.05, 0.1) is 0 Å². The van der Waals surface area contributed by atoms with Crippen molar-refractivity contribution in [2.24, 2.45) is 4.99 Å². The molecular formula is C23H17F2N3O2.